The van der Waals surface area contributed by atoms with Gasteiger partial charge in [-0.05, 0) is 19.3 Å². The number of carboxylic acids is 1. The number of thioether (sulfide) groups is 1. The van der Waals surface area contributed by atoms with E-state index in [4.69, 9.17) is 5.11 Å². The van der Waals surface area contributed by atoms with Crippen LogP contribution in [0.1, 0.15) is 32.1 Å². The molecule has 8 heteroatoms. The number of carbonyl (C=O) groups excluding carboxylic acids is 1. The quantitative estimate of drug-likeness (QED) is 0.766. The number of carboxylic acid groups (broad SMARTS) is 1. The van der Waals surface area contributed by atoms with Crippen molar-refractivity contribution < 1.29 is 23.1 Å². The molecule has 0 spiro atoms. The normalized spacial score (nSPS) is 31.7. The van der Waals surface area contributed by atoms with Crippen LogP contribution in [0.2, 0.25) is 0 Å². The van der Waals surface area contributed by atoms with Crippen molar-refractivity contribution >= 4 is 33.5 Å². The minimum absolute atomic E-state index is 0.0117. The molecule has 120 valence electrons. The van der Waals surface area contributed by atoms with Gasteiger partial charge in [-0.2, -0.15) is 0 Å². The molecule has 0 bridgehead atoms. The van der Waals surface area contributed by atoms with Gasteiger partial charge in [0.05, 0.1) is 23.2 Å². The third kappa shape index (κ3) is 4.88. The van der Waals surface area contributed by atoms with Crippen LogP contribution >= 0.6 is 11.8 Å². The molecule has 1 saturated heterocycles. The molecule has 1 aliphatic heterocycles. The summed E-state index contributed by atoms with van der Waals surface area (Å²) in [5.41, 5.74) is 0. The lowest BCUT2D eigenvalue weighted by Crippen LogP contribution is -2.45. The van der Waals surface area contributed by atoms with Crippen molar-refractivity contribution in [1.29, 1.82) is 0 Å². The number of rotatable bonds is 5. The highest BCUT2D eigenvalue weighted by Crippen LogP contribution is 2.26. The van der Waals surface area contributed by atoms with Gasteiger partial charge in [0.2, 0.25) is 5.91 Å². The first kappa shape index (κ1) is 16.6. The first-order valence-electron chi connectivity index (χ1n) is 7.21. The van der Waals surface area contributed by atoms with E-state index in [-0.39, 0.29) is 34.5 Å². The number of nitrogens with one attached hydrogen (secondary N) is 1. The topological polar surface area (TPSA) is 101 Å². The number of carbonyl (C=O) groups is 2. The van der Waals surface area contributed by atoms with Crippen LogP contribution in [0.15, 0.2) is 0 Å². The van der Waals surface area contributed by atoms with E-state index in [0.29, 0.717) is 19.3 Å². The van der Waals surface area contributed by atoms with E-state index in [1.165, 1.54) is 11.8 Å². The predicted octanol–water partition coefficient (Wildman–Crippen LogP) is 0.666. The van der Waals surface area contributed by atoms with Gasteiger partial charge in [-0.1, -0.05) is 12.8 Å². The third-order valence-corrected chi connectivity index (χ3v) is 7.35. The summed E-state index contributed by atoms with van der Waals surface area (Å²) in [6.45, 7) is 0. The molecule has 0 radical (unpaired) electrons. The van der Waals surface area contributed by atoms with Crippen LogP contribution in [0, 0.1) is 5.92 Å². The predicted molar refractivity (Wildman–Crippen MR) is 81.0 cm³/mol. The summed E-state index contributed by atoms with van der Waals surface area (Å²) in [5, 5.41) is 12.0. The Hall–Kier alpha value is -0.760. The highest BCUT2D eigenvalue weighted by atomic mass is 32.2. The Balaban J connectivity index is 1.77. The fourth-order valence-corrected chi connectivity index (χ4v) is 6.39. The first-order valence-corrected chi connectivity index (χ1v) is 10.1. The van der Waals surface area contributed by atoms with Crippen molar-refractivity contribution in [3.63, 3.8) is 0 Å². The largest absolute Gasteiger partial charge is 0.481 e. The molecule has 1 heterocycles. The molecule has 0 aromatic heterocycles. The molecule has 3 unspecified atom stereocenters. The van der Waals surface area contributed by atoms with E-state index in [0.717, 1.165) is 12.8 Å². The Morgan fingerprint density at radius 3 is 2.52 bits per heavy atom. The summed E-state index contributed by atoms with van der Waals surface area (Å²) >= 11 is 1.35. The number of sulfone groups is 1. The summed E-state index contributed by atoms with van der Waals surface area (Å²) in [7, 11) is -2.92. The zero-order valence-electron chi connectivity index (χ0n) is 11.8. The lowest BCUT2D eigenvalue weighted by Gasteiger charge is -2.29. The van der Waals surface area contributed by atoms with E-state index in [1.807, 2.05) is 0 Å². The van der Waals surface area contributed by atoms with Crippen LogP contribution in [0.25, 0.3) is 0 Å². The molecule has 21 heavy (non-hydrogen) atoms. The summed E-state index contributed by atoms with van der Waals surface area (Å²) in [4.78, 5) is 23.1. The van der Waals surface area contributed by atoms with Gasteiger partial charge in [-0.15, -0.1) is 11.8 Å². The van der Waals surface area contributed by atoms with E-state index in [2.05, 4.69) is 5.32 Å². The lowest BCUT2D eigenvalue weighted by atomic mass is 9.84. The van der Waals surface area contributed by atoms with Crippen LogP contribution in [-0.2, 0) is 19.4 Å². The Labute approximate surface area is 129 Å². The van der Waals surface area contributed by atoms with Gasteiger partial charge in [0.15, 0.2) is 9.84 Å². The number of aliphatic carboxylic acids is 1. The second-order valence-electron chi connectivity index (χ2n) is 5.74. The molecule has 2 fully saturated rings. The van der Waals surface area contributed by atoms with Crippen molar-refractivity contribution in [2.75, 3.05) is 17.3 Å². The van der Waals surface area contributed by atoms with Crippen molar-refractivity contribution in [2.45, 2.75) is 43.4 Å². The van der Waals surface area contributed by atoms with E-state index < -0.39 is 21.7 Å². The molecule has 1 saturated carbocycles. The second kappa shape index (κ2) is 7.00. The minimum atomic E-state index is -2.92. The maximum atomic E-state index is 11.9. The van der Waals surface area contributed by atoms with Gasteiger partial charge in [0.1, 0.15) is 0 Å². The van der Waals surface area contributed by atoms with Gasteiger partial charge in [0.25, 0.3) is 0 Å². The maximum absolute atomic E-state index is 11.9. The van der Waals surface area contributed by atoms with Crippen molar-refractivity contribution in [2.24, 2.45) is 5.92 Å². The lowest BCUT2D eigenvalue weighted by molar-refractivity contribution is -0.144. The Morgan fingerprint density at radius 1 is 1.19 bits per heavy atom. The van der Waals surface area contributed by atoms with Gasteiger partial charge >= 0.3 is 5.97 Å². The molecule has 3 atom stereocenters. The Bertz CT molecular complexity index is 505. The molecule has 2 aliphatic rings. The Kier molecular flexibility index (Phi) is 5.54. The summed E-state index contributed by atoms with van der Waals surface area (Å²) in [5.74, 6) is -0.998. The van der Waals surface area contributed by atoms with Gasteiger partial charge in [0, 0.05) is 11.3 Å². The number of hydrogen-bond donors (Lipinski definition) is 2. The minimum Gasteiger partial charge on any atom is -0.481 e. The fourth-order valence-electron chi connectivity index (χ4n) is 2.93. The molecule has 1 aliphatic carbocycles. The standard InChI is InChI=1S/C13H21NO5S2/c15-12(7-20-9-5-6-21(18,19)8-9)14-11-4-2-1-3-10(11)13(16)17/h9-11H,1-8H2,(H,14,15)(H,16,17). The molecule has 6 nitrogen and oxygen atoms in total. The molecule has 2 rings (SSSR count). The highest BCUT2D eigenvalue weighted by Gasteiger charge is 2.32. The monoisotopic (exact) mass is 335 g/mol. The SMILES string of the molecule is O=C(CSC1CCS(=O)(=O)C1)NC1CCCCC1C(=O)O. The molecular weight excluding hydrogens is 314 g/mol. The third-order valence-electron chi connectivity index (χ3n) is 4.07. The summed E-state index contributed by atoms with van der Waals surface area (Å²) < 4.78 is 22.7. The second-order valence-corrected chi connectivity index (χ2v) is 9.26. The molecular formula is C13H21NO5S2. The molecule has 1 amide bonds. The van der Waals surface area contributed by atoms with E-state index >= 15 is 0 Å². The molecule has 2 N–H and O–H groups in total. The van der Waals surface area contributed by atoms with Gasteiger partial charge < -0.3 is 10.4 Å². The zero-order chi connectivity index (χ0) is 15.5. The fraction of sp³-hybridized carbons (Fsp3) is 0.846. The average molecular weight is 335 g/mol. The van der Waals surface area contributed by atoms with Crippen molar-refractivity contribution in [3.05, 3.63) is 0 Å². The van der Waals surface area contributed by atoms with Crippen LogP contribution < -0.4 is 5.32 Å². The van der Waals surface area contributed by atoms with Crippen molar-refractivity contribution in [3.8, 4) is 0 Å². The molecule has 0 aromatic rings. The number of amides is 1. The first-order chi connectivity index (χ1) is 9.87. The van der Waals surface area contributed by atoms with Gasteiger partial charge in [-0.3, -0.25) is 9.59 Å². The van der Waals surface area contributed by atoms with Crippen LogP contribution in [-0.4, -0.2) is 54.0 Å². The average Bonchev–Trinajstić information content (AvgIpc) is 2.76. The van der Waals surface area contributed by atoms with Crippen LogP contribution in [0.3, 0.4) is 0 Å². The summed E-state index contributed by atoms with van der Waals surface area (Å²) in [6.07, 6.45) is 3.72. The number of hydrogen-bond acceptors (Lipinski definition) is 5. The van der Waals surface area contributed by atoms with Crippen molar-refractivity contribution in [1.82, 2.24) is 5.32 Å². The summed E-state index contributed by atoms with van der Waals surface area (Å²) in [6, 6.07) is -0.295. The zero-order valence-corrected chi connectivity index (χ0v) is 13.4. The maximum Gasteiger partial charge on any atom is 0.308 e. The van der Waals surface area contributed by atoms with E-state index in [1.54, 1.807) is 0 Å². The Morgan fingerprint density at radius 2 is 1.90 bits per heavy atom. The van der Waals surface area contributed by atoms with Crippen LogP contribution in [0.4, 0.5) is 0 Å². The van der Waals surface area contributed by atoms with Gasteiger partial charge in [-0.25, -0.2) is 8.42 Å². The van der Waals surface area contributed by atoms with Crippen LogP contribution in [0.5, 0.6) is 0 Å². The highest BCUT2D eigenvalue weighted by molar-refractivity contribution is 8.02. The van der Waals surface area contributed by atoms with E-state index in [9.17, 15) is 18.0 Å². The molecule has 0 aromatic carbocycles. The smallest absolute Gasteiger partial charge is 0.308 e.